The molecule has 0 saturated heterocycles. The van der Waals surface area contributed by atoms with Gasteiger partial charge in [-0.2, -0.15) is 4.31 Å². The van der Waals surface area contributed by atoms with Gasteiger partial charge in [-0.25, -0.2) is 13.2 Å². The lowest BCUT2D eigenvalue weighted by molar-refractivity contribution is -0.116. The van der Waals surface area contributed by atoms with Gasteiger partial charge in [-0.3, -0.25) is 4.79 Å². The van der Waals surface area contributed by atoms with Crippen molar-refractivity contribution < 1.29 is 23.1 Å². The quantitative estimate of drug-likeness (QED) is 0.837. The van der Waals surface area contributed by atoms with Gasteiger partial charge in [-0.15, -0.1) is 0 Å². The van der Waals surface area contributed by atoms with Crippen molar-refractivity contribution in [3.63, 3.8) is 0 Å². The van der Waals surface area contributed by atoms with Crippen molar-refractivity contribution in [1.82, 2.24) is 4.31 Å². The highest BCUT2D eigenvalue weighted by atomic mass is 35.5. The molecule has 1 aromatic rings. The predicted octanol–water partition coefficient (Wildman–Crippen LogP) is 0.868. The third-order valence-electron chi connectivity index (χ3n) is 2.42. The van der Waals surface area contributed by atoms with Crippen LogP contribution in [-0.2, 0) is 14.8 Å². The molecular weight excluding hydrogens is 308 g/mol. The van der Waals surface area contributed by atoms with Crippen LogP contribution in [0.1, 0.15) is 10.4 Å². The maximum Gasteiger partial charge on any atom is 0.337 e. The van der Waals surface area contributed by atoms with E-state index < -0.39 is 21.9 Å². The van der Waals surface area contributed by atoms with Crippen LogP contribution in [0.2, 0.25) is 5.02 Å². The first-order chi connectivity index (χ1) is 9.11. The summed E-state index contributed by atoms with van der Waals surface area (Å²) < 4.78 is 23.2. The summed E-state index contributed by atoms with van der Waals surface area (Å²) in [6.07, 6.45) is 0.985. The second-order valence-electron chi connectivity index (χ2n) is 4.07. The first kappa shape index (κ1) is 16.4. The predicted molar refractivity (Wildman–Crippen MR) is 74.5 cm³/mol. The Hall–Kier alpha value is -1.64. The van der Waals surface area contributed by atoms with Crippen LogP contribution in [0.15, 0.2) is 18.2 Å². The number of nitrogens with zero attached hydrogens (tertiary/aromatic N) is 1. The molecule has 0 aromatic heterocycles. The Bertz CT molecular complexity index is 644. The van der Waals surface area contributed by atoms with Crippen LogP contribution in [0.3, 0.4) is 0 Å². The van der Waals surface area contributed by atoms with Crippen LogP contribution in [0.25, 0.3) is 0 Å². The fraction of sp³-hybridized carbons (Fsp3) is 0.273. The molecule has 1 rings (SSSR count). The molecule has 110 valence electrons. The van der Waals surface area contributed by atoms with Crippen LogP contribution in [0.5, 0.6) is 0 Å². The highest BCUT2D eigenvalue weighted by Gasteiger charge is 2.16. The molecule has 1 aromatic carbocycles. The zero-order valence-corrected chi connectivity index (χ0v) is 12.3. The van der Waals surface area contributed by atoms with E-state index in [1.807, 2.05) is 0 Å². The molecule has 7 nitrogen and oxygen atoms in total. The number of sulfonamides is 1. The van der Waals surface area contributed by atoms with E-state index in [0.717, 1.165) is 10.6 Å². The van der Waals surface area contributed by atoms with E-state index >= 15 is 0 Å². The molecule has 0 fully saturated rings. The topological polar surface area (TPSA) is 104 Å². The van der Waals surface area contributed by atoms with Gasteiger partial charge < -0.3 is 10.4 Å². The van der Waals surface area contributed by atoms with Crippen molar-refractivity contribution in [3.05, 3.63) is 28.8 Å². The number of carbonyl (C=O) groups is 2. The SMILES string of the molecule is CN(CC(=O)Nc1ccc(C(=O)O)c(Cl)c1)S(C)(=O)=O. The van der Waals surface area contributed by atoms with E-state index in [4.69, 9.17) is 16.7 Å². The van der Waals surface area contributed by atoms with E-state index in [0.29, 0.717) is 0 Å². The van der Waals surface area contributed by atoms with Gasteiger partial charge in [0.15, 0.2) is 0 Å². The minimum Gasteiger partial charge on any atom is -0.478 e. The summed E-state index contributed by atoms with van der Waals surface area (Å²) in [5, 5.41) is 11.2. The first-order valence-electron chi connectivity index (χ1n) is 5.35. The van der Waals surface area contributed by atoms with Gasteiger partial charge in [0.1, 0.15) is 0 Å². The van der Waals surface area contributed by atoms with Crippen LogP contribution in [0.4, 0.5) is 5.69 Å². The maximum absolute atomic E-state index is 11.6. The second kappa shape index (κ2) is 6.21. The molecule has 0 heterocycles. The fourth-order valence-corrected chi connectivity index (χ4v) is 1.90. The number of aromatic carboxylic acids is 1. The summed E-state index contributed by atoms with van der Waals surface area (Å²) in [7, 11) is -2.17. The molecule has 20 heavy (non-hydrogen) atoms. The van der Waals surface area contributed by atoms with Gasteiger partial charge in [0, 0.05) is 12.7 Å². The Balaban J connectivity index is 2.77. The van der Waals surface area contributed by atoms with Crippen molar-refractivity contribution in [3.8, 4) is 0 Å². The molecule has 2 N–H and O–H groups in total. The summed E-state index contributed by atoms with van der Waals surface area (Å²) in [6, 6.07) is 3.90. The zero-order valence-electron chi connectivity index (χ0n) is 10.8. The summed E-state index contributed by atoms with van der Waals surface area (Å²) in [5.74, 6) is -1.73. The summed E-state index contributed by atoms with van der Waals surface area (Å²) in [5.41, 5.74) is 0.199. The monoisotopic (exact) mass is 320 g/mol. The van der Waals surface area contributed by atoms with Crippen LogP contribution in [-0.4, -0.2) is 49.6 Å². The molecule has 0 unspecified atom stereocenters. The number of amides is 1. The standard InChI is InChI=1S/C11H13ClN2O5S/c1-14(20(2,18)19)6-10(15)13-7-3-4-8(11(16)17)9(12)5-7/h3-5H,6H2,1-2H3,(H,13,15)(H,16,17). The lowest BCUT2D eigenvalue weighted by Crippen LogP contribution is -2.34. The minimum absolute atomic E-state index is 0.0215. The largest absolute Gasteiger partial charge is 0.478 e. The smallest absolute Gasteiger partial charge is 0.337 e. The van der Waals surface area contributed by atoms with Crippen LogP contribution < -0.4 is 5.32 Å². The summed E-state index contributed by atoms with van der Waals surface area (Å²) >= 11 is 5.75. The molecule has 0 radical (unpaired) electrons. The molecule has 1 amide bonds. The average molecular weight is 321 g/mol. The Morgan fingerprint density at radius 1 is 1.40 bits per heavy atom. The Kier molecular flexibility index (Phi) is 5.09. The molecular formula is C11H13ClN2O5S. The van der Waals surface area contributed by atoms with E-state index in [9.17, 15) is 18.0 Å². The third kappa shape index (κ3) is 4.48. The lowest BCUT2D eigenvalue weighted by atomic mass is 10.2. The van der Waals surface area contributed by atoms with Gasteiger partial charge in [0.2, 0.25) is 15.9 Å². The van der Waals surface area contributed by atoms with Crippen molar-refractivity contribution in [1.29, 1.82) is 0 Å². The lowest BCUT2D eigenvalue weighted by Gasteiger charge is -2.14. The summed E-state index contributed by atoms with van der Waals surface area (Å²) in [6.45, 7) is -0.350. The number of nitrogens with one attached hydrogen (secondary N) is 1. The van der Waals surface area contributed by atoms with E-state index in [1.54, 1.807) is 0 Å². The highest BCUT2D eigenvalue weighted by molar-refractivity contribution is 7.88. The van der Waals surface area contributed by atoms with E-state index in [-0.39, 0.29) is 22.8 Å². The zero-order chi connectivity index (χ0) is 15.5. The Labute approximate surface area is 121 Å². The molecule has 0 aliphatic rings. The van der Waals surface area contributed by atoms with Crippen LogP contribution in [0, 0.1) is 0 Å². The number of rotatable bonds is 5. The first-order valence-corrected chi connectivity index (χ1v) is 7.58. The Morgan fingerprint density at radius 2 is 2.00 bits per heavy atom. The molecule has 0 spiro atoms. The number of hydrogen-bond donors (Lipinski definition) is 2. The van der Waals surface area contributed by atoms with Gasteiger partial charge in [0.25, 0.3) is 0 Å². The number of benzene rings is 1. The molecule has 0 bridgehead atoms. The van der Waals surface area contributed by atoms with Crippen molar-refractivity contribution in [2.75, 3.05) is 25.2 Å². The number of halogens is 1. The third-order valence-corrected chi connectivity index (χ3v) is 3.99. The number of carbonyl (C=O) groups excluding carboxylic acids is 1. The average Bonchev–Trinajstić information content (AvgIpc) is 2.26. The molecule has 0 saturated carbocycles. The number of likely N-dealkylation sites (N-methyl/N-ethyl adjacent to an activating group) is 1. The number of carboxylic acid groups (broad SMARTS) is 1. The number of anilines is 1. The molecule has 0 aliphatic heterocycles. The fourth-order valence-electron chi connectivity index (χ4n) is 1.29. The Morgan fingerprint density at radius 3 is 2.45 bits per heavy atom. The normalized spacial score (nSPS) is 11.4. The summed E-state index contributed by atoms with van der Waals surface area (Å²) in [4.78, 5) is 22.4. The van der Waals surface area contributed by atoms with Crippen LogP contribution >= 0.6 is 11.6 Å². The molecule has 9 heteroatoms. The molecule has 0 atom stereocenters. The van der Waals surface area contributed by atoms with Crippen molar-refractivity contribution in [2.45, 2.75) is 0 Å². The number of carboxylic acids is 1. The highest BCUT2D eigenvalue weighted by Crippen LogP contribution is 2.21. The van der Waals surface area contributed by atoms with E-state index in [1.165, 1.54) is 25.2 Å². The van der Waals surface area contributed by atoms with Gasteiger partial charge in [0.05, 0.1) is 23.4 Å². The number of hydrogen-bond acceptors (Lipinski definition) is 4. The van der Waals surface area contributed by atoms with Gasteiger partial charge >= 0.3 is 5.97 Å². The minimum atomic E-state index is -3.45. The van der Waals surface area contributed by atoms with Crippen molar-refractivity contribution >= 4 is 39.2 Å². The van der Waals surface area contributed by atoms with Crippen molar-refractivity contribution in [2.24, 2.45) is 0 Å². The van der Waals surface area contributed by atoms with Gasteiger partial charge in [-0.05, 0) is 18.2 Å². The van der Waals surface area contributed by atoms with Gasteiger partial charge in [-0.1, -0.05) is 11.6 Å². The second-order valence-corrected chi connectivity index (χ2v) is 6.56. The molecule has 0 aliphatic carbocycles. The maximum atomic E-state index is 11.6. The van der Waals surface area contributed by atoms with E-state index in [2.05, 4.69) is 5.32 Å².